The van der Waals surface area contributed by atoms with Gasteiger partial charge < -0.3 is 20.1 Å². The zero-order valence-electron chi connectivity index (χ0n) is 16.2. The van der Waals surface area contributed by atoms with Gasteiger partial charge in [0, 0.05) is 12.1 Å². The zero-order chi connectivity index (χ0) is 21.3. The van der Waals surface area contributed by atoms with E-state index in [-0.39, 0.29) is 18.0 Å². The van der Waals surface area contributed by atoms with Crippen molar-refractivity contribution in [2.75, 3.05) is 19.0 Å². The number of para-hydroxylation sites is 2. The van der Waals surface area contributed by atoms with Gasteiger partial charge in [-0.2, -0.15) is 0 Å². The van der Waals surface area contributed by atoms with Gasteiger partial charge in [-0.1, -0.05) is 36.4 Å². The maximum atomic E-state index is 12.4. The van der Waals surface area contributed by atoms with E-state index in [9.17, 15) is 14.4 Å². The Balaban J connectivity index is 1.56. The highest BCUT2D eigenvalue weighted by molar-refractivity contribution is 7.12. The smallest absolute Gasteiger partial charge is 0.340 e. The van der Waals surface area contributed by atoms with Gasteiger partial charge in [-0.25, -0.2) is 4.79 Å². The van der Waals surface area contributed by atoms with Crippen LogP contribution in [0.15, 0.2) is 66.0 Å². The van der Waals surface area contributed by atoms with Gasteiger partial charge in [-0.3, -0.25) is 9.59 Å². The molecule has 0 aliphatic heterocycles. The number of anilines is 1. The van der Waals surface area contributed by atoms with E-state index in [0.717, 1.165) is 5.56 Å². The molecule has 0 unspecified atom stereocenters. The average Bonchev–Trinajstić information content (AvgIpc) is 3.32. The number of nitrogens with one attached hydrogen (secondary N) is 2. The molecule has 2 amide bonds. The Morgan fingerprint density at radius 3 is 2.50 bits per heavy atom. The molecule has 0 radical (unpaired) electrons. The molecule has 30 heavy (non-hydrogen) atoms. The van der Waals surface area contributed by atoms with Crippen LogP contribution in [-0.4, -0.2) is 31.5 Å². The molecule has 0 saturated heterocycles. The number of rotatable bonds is 8. The van der Waals surface area contributed by atoms with Crippen molar-refractivity contribution in [2.24, 2.45) is 0 Å². The predicted molar refractivity (Wildman–Crippen MR) is 114 cm³/mol. The van der Waals surface area contributed by atoms with Crippen LogP contribution in [-0.2, 0) is 16.1 Å². The highest BCUT2D eigenvalue weighted by Gasteiger charge is 2.17. The summed E-state index contributed by atoms with van der Waals surface area (Å²) in [7, 11) is 1.55. The first-order valence-electron chi connectivity index (χ1n) is 9.08. The molecule has 0 aliphatic rings. The molecule has 0 bridgehead atoms. The van der Waals surface area contributed by atoms with E-state index in [1.165, 1.54) is 17.4 Å². The van der Waals surface area contributed by atoms with E-state index in [2.05, 4.69) is 10.6 Å². The van der Waals surface area contributed by atoms with Crippen LogP contribution in [0.1, 0.15) is 25.6 Å². The van der Waals surface area contributed by atoms with E-state index in [1.54, 1.807) is 48.9 Å². The summed E-state index contributed by atoms with van der Waals surface area (Å²) in [6.45, 7) is -0.199. The summed E-state index contributed by atoms with van der Waals surface area (Å²) >= 11 is 1.29. The lowest BCUT2D eigenvalue weighted by molar-refractivity contribution is -0.124. The molecule has 7 nitrogen and oxygen atoms in total. The van der Waals surface area contributed by atoms with Crippen LogP contribution in [0.25, 0.3) is 0 Å². The molecular formula is C22H20N2O5S. The van der Waals surface area contributed by atoms with Gasteiger partial charge in [-0.05, 0) is 29.6 Å². The van der Waals surface area contributed by atoms with Crippen LogP contribution >= 0.6 is 11.3 Å². The molecule has 0 spiro atoms. The third-order valence-electron chi connectivity index (χ3n) is 4.14. The van der Waals surface area contributed by atoms with Crippen molar-refractivity contribution in [2.45, 2.75) is 6.54 Å². The van der Waals surface area contributed by atoms with Gasteiger partial charge in [0.1, 0.15) is 5.75 Å². The number of carbonyl (C=O) groups is 3. The SMILES string of the molecule is COc1ccccc1CNC(=O)COC(=O)c1ccccc1NC(=O)c1cccs1. The van der Waals surface area contributed by atoms with Crippen molar-refractivity contribution in [3.8, 4) is 5.75 Å². The molecule has 1 aromatic heterocycles. The molecule has 8 heteroatoms. The molecule has 154 valence electrons. The third kappa shape index (κ3) is 5.45. The highest BCUT2D eigenvalue weighted by Crippen LogP contribution is 2.19. The second kappa shape index (κ2) is 10.2. The minimum absolute atomic E-state index is 0.167. The molecule has 1 heterocycles. The summed E-state index contributed by atoms with van der Waals surface area (Å²) in [6, 6.07) is 17.2. The Kier molecular flexibility index (Phi) is 7.18. The molecule has 0 aliphatic carbocycles. The molecular weight excluding hydrogens is 404 g/mol. The molecule has 0 saturated carbocycles. The second-order valence-corrected chi connectivity index (χ2v) is 7.09. The quantitative estimate of drug-likeness (QED) is 0.540. The lowest BCUT2D eigenvalue weighted by atomic mass is 10.1. The number of esters is 1. The number of hydrogen-bond donors (Lipinski definition) is 2. The van der Waals surface area contributed by atoms with Gasteiger partial charge in [-0.15, -0.1) is 11.3 Å². The van der Waals surface area contributed by atoms with Crippen molar-refractivity contribution in [3.05, 3.63) is 82.0 Å². The summed E-state index contributed by atoms with van der Waals surface area (Å²) in [4.78, 5) is 37.3. The van der Waals surface area contributed by atoms with Crippen molar-refractivity contribution in [1.82, 2.24) is 5.32 Å². The zero-order valence-corrected chi connectivity index (χ0v) is 17.0. The van der Waals surface area contributed by atoms with E-state index in [0.29, 0.717) is 16.3 Å². The maximum Gasteiger partial charge on any atom is 0.340 e. The van der Waals surface area contributed by atoms with Crippen LogP contribution in [0.5, 0.6) is 5.75 Å². The monoisotopic (exact) mass is 424 g/mol. The van der Waals surface area contributed by atoms with Crippen LogP contribution in [0, 0.1) is 0 Å². The van der Waals surface area contributed by atoms with E-state index < -0.39 is 18.5 Å². The van der Waals surface area contributed by atoms with Gasteiger partial charge in [0.15, 0.2) is 6.61 Å². The molecule has 3 aromatic rings. The Bertz CT molecular complexity index is 1030. The topological polar surface area (TPSA) is 93.7 Å². The standard InChI is InChI=1S/C22H20N2O5S/c1-28-18-10-5-2-7-15(18)13-23-20(25)14-29-22(27)16-8-3-4-9-17(16)24-21(26)19-11-6-12-30-19/h2-12H,13-14H2,1H3,(H,23,25)(H,24,26). The van der Waals surface area contributed by atoms with Gasteiger partial charge >= 0.3 is 5.97 Å². The van der Waals surface area contributed by atoms with Crippen LogP contribution in [0.2, 0.25) is 0 Å². The first-order chi connectivity index (χ1) is 14.6. The third-order valence-corrected chi connectivity index (χ3v) is 5.01. The summed E-state index contributed by atoms with van der Waals surface area (Å²) in [5, 5.41) is 7.17. The minimum Gasteiger partial charge on any atom is -0.496 e. The van der Waals surface area contributed by atoms with Crippen LogP contribution < -0.4 is 15.4 Å². The van der Waals surface area contributed by atoms with Crippen molar-refractivity contribution in [1.29, 1.82) is 0 Å². The van der Waals surface area contributed by atoms with Crippen molar-refractivity contribution >= 4 is 34.8 Å². The largest absolute Gasteiger partial charge is 0.496 e. The summed E-state index contributed by atoms with van der Waals surface area (Å²) in [5.74, 6) is -0.816. The molecule has 3 rings (SSSR count). The van der Waals surface area contributed by atoms with Crippen LogP contribution in [0.4, 0.5) is 5.69 Å². The maximum absolute atomic E-state index is 12.4. The fourth-order valence-corrected chi connectivity index (χ4v) is 3.28. The number of amides is 2. The fraction of sp³-hybridized carbons (Fsp3) is 0.136. The number of ether oxygens (including phenoxy) is 2. The van der Waals surface area contributed by atoms with E-state index >= 15 is 0 Å². The number of thiophene rings is 1. The molecule has 2 N–H and O–H groups in total. The van der Waals surface area contributed by atoms with Gasteiger partial charge in [0.25, 0.3) is 11.8 Å². The first kappa shape index (κ1) is 21.1. The Labute approximate surface area is 177 Å². The Hall–Kier alpha value is -3.65. The first-order valence-corrected chi connectivity index (χ1v) is 9.96. The number of benzene rings is 2. The molecule has 0 fully saturated rings. The number of carbonyl (C=O) groups excluding carboxylic acids is 3. The normalized spacial score (nSPS) is 10.2. The molecule has 2 aromatic carbocycles. The lowest BCUT2D eigenvalue weighted by Gasteiger charge is -2.11. The highest BCUT2D eigenvalue weighted by atomic mass is 32.1. The number of methoxy groups -OCH3 is 1. The minimum atomic E-state index is -0.704. The number of hydrogen-bond acceptors (Lipinski definition) is 6. The Morgan fingerprint density at radius 1 is 0.967 bits per heavy atom. The average molecular weight is 424 g/mol. The van der Waals surface area contributed by atoms with Gasteiger partial charge in [0.05, 0.1) is 23.2 Å². The van der Waals surface area contributed by atoms with Crippen molar-refractivity contribution in [3.63, 3.8) is 0 Å². The lowest BCUT2D eigenvalue weighted by Crippen LogP contribution is -2.28. The summed E-state index contributed by atoms with van der Waals surface area (Å²) < 4.78 is 10.4. The van der Waals surface area contributed by atoms with E-state index in [4.69, 9.17) is 9.47 Å². The molecule has 0 atom stereocenters. The van der Waals surface area contributed by atoms with E-state index in [1.807, 2.05) is 18.2 Å². The summed E-state index contributed by atoms with van der Waals surface area (Å²) in [6.07, 6.45) is 0. The predicted octanol–water partition coefficient (Wildman–Crippen LogP) is 3.48. The Morgan fingerprint density at radius 2 is 1.73 bits per heavy atom. The van der Waals surface area contributed by atoms with Gasteiger partial charge in [0.2, 0.25) is 0 Å². The summed E-state index contributed by atoms with van der Waals surface area (Å²) in [5.41, 5.74) is 1.29. The van der Waals surface area contributed by atoms with Crippen molar-refractivity contribution < 1.29 is 23.9 Å². The second-order valence-electron chi connectivity index (χ2n) is 6.14. The van der Waals surface area contributed by atoms with Crippen LogP contribution in [0.3, 0.4) is 0 Å². The fourth-order valence-electron chi connectivity index (χ4n) is 2.66.